The SMILES string of the molecule is CC1(C)C(=O)N(c2ccc(CC(F)(F)F)cc2)C(=O)N1Cc1ccnc(N)c1. The fraction of sp³-hybridized carbons (Fsp3) is 0.316. The molecule has 2 heterocycles. The summed E-state index contributed by atoms with van der Waals surface area (Å²) in [5, 5.41) is 0. The topological polar surface area (TPSA) is 79.5 Å². The Hall–Kier alpha value is -3.10. The van der Waals surface area contributed by atoms with E-state index >= 15 is 0 Å². The predicted octanol–water partition coefficient (Wildman–Crippen LogP) is 3.52. The summed E-state index contributed by atoms with van der Waals surface area (Å²) >= 11 is 0. The van der Waals surface area contributed by atoms with Gasteiger partial charge in [0.05, 0.1) is 12.1 Å². The Balaban J connectivity index is 1.86. The number of benzene rings is 1. The lowest BCUT2D eigenvalue weighted by Gasteiger charge is -2.27. The van der Waals surface area contributed by atoms with Crippen LogP contribution in [0.3, 0.4) is 0 Å². The van der Waals surface area contributed by atoms with E-state index in [4.69, 9.17) is 5.73 Å². The highest BCUT2D eigenvalue weighted by atomic mass is 19.4. The Kier molecular flexibility index (Phi) is 4.78. The first kappa shape index (κ1) is 19.7. The number of anilines is 2. The van der Waals surface area contributed by atoms with Gasteiger partial charge in [-0.25, -0.2) is 14.7 Å². The second-order valence-corrected chi connectivity index (χ2v) is 7.12. The average molecular weight is 392 g/mol. The van der Waals surface area contributed by atoms with Gasteiger partial charge in [-0.1, -0.05) is 12.1 Å². The molecule has 2 aromatic rings. The van der Waals surface area contributed by atoms with Crippen molar-refractivity contribution in [2.75, 3.05) is 10.6 Å². The van der Waals surface area contributed by atoms with Gasteiger partial charge in [0.15, 0.2) is 0 Å². The molecule has 0 atom stereocenters. The Morgan fingerprint density at radius 2 is 1.71 bits per heavy atom. The number of urea groups is 1. The third-order valence-electron chi connectivity index (χ3n) is 4.61. The molecule has 0 bridgehead atoms. The van der Waals surface area contributed by atoms with Gasteiger partial charge in [-0.3, -0.25) is 4.79 Å². The molecule has 28 heavy (non-hydrogen) atoms. The van der Waals surface area contributed by atoms with Gasteiger partial charge < -0.3 is 10.6 Å². The van der Waals surface area contributed by atoms with Gasteiger partial charge in [0.2, 0.25) is 0 Å². The van der Waals surface area contributed by atoms with E-state index in [1.807, 2.05) is 0 Å². The number of pyridine rings is 1. The summed E-state index contributed by atoms with van der Waals surface area (Å²) in [5.74, 6) is -0.159. The van der Waals surface area contributed by atoms with E-state index in [-0.39, 0.29) is 17.8 Å². The van der Waals surface area contributed by atoms with Gasteiger partial charge in [-0.15, -0.1) is 0 Å². The van der Waals surface area contributed by atoms with E-state index in [2.05, 4.69) is 4.98 Å². The molecule has 1 aliphatic rings. The maximum Gasteiger partial charge on any atom is 0.393 e. The molecule has 0 radical (unpaired) electrons. The molecule has 1 aromatic carbocycles. The molecular formula is C19H19F3N4O2. The summed E-state index contributed by atoms with van der Waals surface area (Å²) in [7, 11) is 0. The van der Waals surface area contributed by atoms with Crippen LogP contribution < -0.4 is 10.6 Å². The summed E-state index contributed by atoms with van der Waals surface area (Å²) < 4.78 is 37.5. The summed E-state index contributed by atoms with van der Waals surface area (Å²) in [5.41, 5.74) is 5.54. The number of rotatable bonds is 4. The molecule has 0 saturated carbocycles. The van der Waals surface area contributed by atoms with Crippen molar-refractivity contribution in [2.45, 2.75) is 38.5 Å². The summed E-state index contributed by atoms with van der Waals surface area (Å²) in [6.07, 6.45) is -3.89. The molecule has 0 spiro atoms. The molecule has 1 aromatic heterocycles. The number of carbonyl (C=O) groups is 2. The van der Waals surface area contributed by atoms with Gasteiger partial charge in [0, 0.05) is 12.7 Å². The number of nitrogens with zero attached hydrogens (tertiary/aromatic N) is 3. The molecular weight excluding hydrogens is 373 g/mol. The molecule has 0 aliphatic carbocycles. The number of amides is 3. The predicted molar refractivity (Wildman–Crippen MR) is 97.4 cm³/mol. The number of nitrogens with two attached hydrogens (primary N) is 1. The first-order valence-corrected chi connectivity index (χ1v) is 8.51. The Morgan fingerprint density at radius 1 is 1.07 bits per heavy atom. The Morgan fingerprint density at radius 3 is 2.29 bits per heavy atom. The van der Waals surface area contributed by atoms with Crippen molar-refractivity contribution in [2.24, 2.45) is 0 Å². The van der Waals surface area contributed by atoms with Crippen LogP contribution in [-0.4, -0.2) is 33.5 Å². The normalized spacial score (nSPS) is 16.8. The van der Waals surface area contributed by atoms with Crippen LogP contribution in [0.5, 0.6) is 0 Å². The maximum absolute atomic E-state index is 12.9. The van der Waals surface area contributed by atoms with E-state index in [0.717, 1.165) is 4.90 Å². The van der Waals surface area contributed by atoms with Crippen molar-refractivity contribution >= 4 is 23.4 Å². The van der Waals surface area contributed by atoms with Gasteiger partial charge in [-0.2, -0.15) is 13.2 Å². The van der Waals surface area contributed by atoms with Crippen LogP contribution in [0.4, 0.5) is 29.5 Å². The van der Waals surface area contributed by atoms with Crippen molar-refractivity contribution in [1.82, 2.24) is 9.88 Å². The van der Waals surface area contributed by atoms with Crippen molar-refractivity contribution in [3.63, 3.8) is 0 Å². The summed E-state index contributed by atoms with van der Waals surface area (Å²) in [6, 6.07) is 7.99. The van der Waals surface area contributed by atoms with Crippen molar-refractivity contribution < 1.29 is 22.8 Å². The smallest absolute Gasteiger partial charge is 0.384 e. The second-order valence-electron chi connectivity index (χ2n) is 7.12. The van der Waals surface area contributed by atoms with Gasteiger partial charge >= 0.3 is 12.2 Å². The van der Waals surface area contributed by atoms with Gasteiger partial charge in [-0.05, 0) is 49.2 Å². The van der Waals surface area contributed by atoms with E-state index < -0.39 is 30.1 Å². The van der Waals surface area contributed by atoms with E-state index in [1.54, 1.807) is 26.0 Å². The minimum Gasteiger partial charge on any atom is -0.384 e. The van der Waals surface area contributed by atoms with E-state index in [0.29, 0.717) is 11.4 Å². The molecule has 2 N–H and O–H groups in total. The number of halogens is 3. The molecule has 3 rings (SSSR count). The fourth-order valence-corrected chi connectivity index (χ4v) is 3.10. The number of alkyl halides is 3. The van der Waals surface area contributed by atoms with Crippen LogP contribution >= 0.6 is 0 Å². The lowest BCUT2D eigenvalue weighted by Crippen LogP contribution is -2.43. The maximum atomic E-state index is 12.9. The highest BCUT2D eigenvalue weighted by Gasteiger charge is 2.51. The molecule has 6 nitrogen and oxygen atoms in total. The summed E-state index contributed by atoms with van der Waals surface area (Å²) in [6.45, 7) is 3.39. The zero-order valence-corrected chi connectivity index (χ0v) is 15.3. The van der Waals surface area contributed by atoms with Crippen LogP contribution in [0, 0.1) is 0 Å². The third-order valence-corrected chi connectivity index (χ3v) is 4.61. The molecule has 9 heteroatoms. The first-order chi connectivity index (χ1) is 13.0. The standard InChI is InChI=1S/C19H19F3N4O2/c1-18(2)16(27)26(14-5-3-12(4-6-14)10-19(20,21)22)17(28)25(18)11-13-7-8-24-15(23)9-13/h3-9H,10-11H2,1-2H3,(H2,23,24). The number of carbonyl (C=O) groups excluding carboxylic acids is 2. The van der Waals surface area contributed by atoms with Crippen molar-refractivity contribution in [1.29, 1.82) is 0 Å². The molecule has 1 aliphatic heterocycles. The van der Waals surface area contributed by atoms with Gasteiger partial charge in [0.25, 0.3) is 5.91 Å². The quantitative estimate of drug-likeness (QED) is 0.808. The molecule has 3 amide bonds. The van der Waals surface area contributed by atoms with Crippen LogP contribution in [0.2, 0.25) is 0 Å². The third kappa shape index (κ3) is 3.78. The minimum atomic E-state index is -4.33. The first-order valence-electron chi connectivity index (χ1n) is 8.51. The minimum absolute atomic E-state index is 0.0544. The Labute approximate surface area is 159 Å². The van der Waals surface area contributed by atoms with Crippen LogP contribution in [0.15, 0.2) is 42.6 Å². The van der Waals surface area contributed by atoms with Crippen molar-refractivity contribution in [3.05, 3.63) is 53.7 Å². The fourth-order valence-electron chi connectivity index (χ4n) is 3.10. The largest absolute Gasteiger partial charge is 0.393 e. The number of imide groups is 1. The van der Waals surface area contributed by atoms with Crippen LogP contribution in [0.1, 0.15) is 25.0 Å². The average Bonchev–Trinajstić information content (AvgIpc) is 2.75. The number of hydrogen-bond acceptors (Lipinski definition) is 4. The monoisotopic (exact) mass is 392 g/mol. The number of hydrogen-bond donors (Lipinski definition) is 1. The van der Waals surface area contributed by atoms with Gasteiger partial charge in [0.1, 0.15) is 11.4 Å². The van der Waals surface area contributed by atoms with E-state index in [9.17, 15) is 22.8 Å². The Bertz CT molecular complexity index is 910. The summed E-state index contributed by atoms with van der Waals surface area (Å²) in [4.78, 5) is 32.1. The molecule has 148 valence electrons. The molecule has 0 unspecified atom stereocenters. The second kappa shape index (κ2) is 6.81. The lowest BCUT2D eigenvalue weighted by atomic mass is 10.0. The lowest BCUT2D eigenvalue weighted by molar-refractivity contribution is -0.127. The highest BCUT2D eigenvalue weighted by molar-refractivity contribution is 6.22. The molecule has 1 saturated heterocycles. The van der Waals surface area contributed by atoms with E-state index in [1.165, 1.54) is 35.4 Å². The molecule has 1 fully saturated rings. The van der Waals surface area contributed by atoms with Crippen LogP contribution in [-0.2, 0) is 17.8 Å². The van der Waals surface area contributed by atoms with Crippen molar-refractivity contribution in [3.8, 4) is 0 Å². The zero-order chi connectivity index (χ0) is 20.7. The number of aromatic nitrogens is 1. The van der Waals surface area contributed by atoms with Crippen LogP contribution in [0.25, 0.3) is 0 Å². The highest BCUT2D eigenvalue weighted by Crippen LogP contribution is 2.34. The zero-order valence-electron chi connectivity index (χ0n) is 15.3. The number of nitrogen functional groups attached to an aromatic ring is 1.